The van der Waals surface area contributed by atoms with Gasteiger partial charge in [-0.2, -0.15) is 0 Å². The Morgan fingerprint density at radius 2 is 1.33 bits per heavy atom. The van der Waals surface area contributed by atoms with E-state index in [1.54, 1.807) is 6.92 Å². The van der Waals surface area contributed by atoms with Crippen LogP contribution in [0.15, 0.2) is 23.9 Å². The van der Waals surface area contributed by atoms with E-state index in [9.17, 15) is 14.4 Å². The summed E-state index contributed by atoms with van der Waals surface area (Å²) in [5.74, 6) is -2.51. The number of carboxylic acid groups (broad SMARTS) is 1. The molecule has 0 aliphatic rings. The van der Waals surface area contributed by atoms with Crippen LogP contribution in [0, 0.1) is 0 Å². The van der Waals surface area contributed by atoms with E-state index in [0.29, 0.717) is 12.5 Å². The topological polar surface area (TPSA) is 92.7 Å². The summed E-state index contributed by atoms with van der Waals surface area (Å²) in [4.78, 5) is 34.3. The molecule has 0 radical (unpaired) electrons. The van der Waals surface area contributed by atoms with E-state index in [1.807, 2.05) is 0 Å². The van der Waals surface area contributed by atoms with Crippen LogP contribution in [0.25, 0.3) is 0 Å². The first kappa shape index (κ1) is 27.9. The van der Waals surface area contributed by atoms with Gasteiger partial charge in [-0.3, -0.25) is 4.79 Å². The highest BCUT2D eigenvalue weighted by atomic mass is 16.5. The summed E-state index contributed by atoms with van der Waals surface area (Å²) in [6, 6.07) is 0. The zero-order valence-electron chi connectivity index (χ0n) is 18.9. The van der Waals surface area contributed by atoms with Crippen molar-refractivity contribution in [3.8, 4) is 0 Å². The van der Waals surface area contributed by atoms with Gasteiger partial charge in [0.1, 0.15) is 5.70 Å². The first-order valence-electron chi connectivity index (χ1n) is 11.6. The van der Waals surface area contributed by atoms with Crippen LogP contribution >= 0.6 is 0 Å². The van der Waals surface area contributed by atoms with Gasteiger partial charge in [0.25, 0.3) is 0 Å². The Bertz CT molecular complexity index is 540. The second kappa shape index (κ2) is 20.2. The number of rotatable bonds is 19. The van der Waals surface area contributed by atoms with E-state index < -0.39 is 11.9 Å². The Morgan fingerprint density at radius 3 is 1.87 bits per heavy atom. The van der Waals surface area contributed by atoms with Gasteiger partial charge in [-0.15, -0.1) is 0 Å². The first-order chi connectivity index (χ1) is 14.5. The minimum atomic E-state index is -1.31. The maximum atomic E-state index is 11.9. The molecule has 0 heterocycles. The third-order valence-electron chi connectivity index (χ3n) is 4.70. The molecule has 0 fully saturated rings. The Kier molecular flexibility index (Phi) is 18.8. The molecule has 0 bridgehead atoms. The molecule has 0 saturated carbocycles. The molecule has 6 heteroatoms. The van der Waals surface area contributed by atoms with E-state index >= 15 is 0 Å². The van der Waals surface area contributed by atoms with Crippen LogP contribution in [0.5, 0.6) is 0 Å². The van der Waals surface area contributed by atoms with Crippen LogP contribution in [0.1, 0.15) is 104 Å². The van der Waals surface area contributed by atoms with E-state index in [-0.39, 0.29) is 24.6 Å². The summed E-state index contributed by atoms with van der Waals surface area (Å²) in [5, 5.41) is 11.1. The van der Waals surface area contributed by atoms with Crippen molar-refractivity contribution in [2.24, 2.45) is 0 Å². The number of carboxylic acids is 1. The highest BCUT2D eigenvalue weighted by molar-refractivity contribution is 5.98. The number of aliphatic carboxylic acids is 1. The molecule has 0 spiro atoms. The van der Waals surface area contributed by atoms with Crippen molar-refractivity contribution in [3.63, 3.8) is 0 Å². The van der Waals surface area contributed by atoms with Gasteiger partial charge in [-0.25, -0.2) is 9.59 Å². The van der Waals surface area contributed by atoms with Crippen molar-refractivity contribution in [2.75, 3.05) is 6.61 Å². The largest absolute Gasteiger partial charge is 0.478 e. The molecule has 0 saturated heterocycles. The molecular formula is C24H41NO5. The number of unbranched alkanes of at least 4 members (excludes halogenated alkanes) is 11. The summed E-state index contributed by atoms with van der Waals surface area (Å²) < 4.78 is 4.75. The lowest BCUT2D eigenvalue weighted by atomic mass is 10.1. The lowest BCUT2D eigenvalue weighted by Gasteiger charge is -2.08. The zero-order valence-corrected chi connectivity index (χ0v) is 18.9. The molecule has 6 nitrogen and oxygen atoms in total. The molecule has 0 aromatic heterocycles. The van der Waals surface area contributed by atoms with E-state index in [4.69, 9.17) is 9.84 Å². The quantitative estimate of drug-likeness (QED) is 0.121. The van der Waals surface area contributed by atoms with Gasteiger partial charge in [-0.1, -0.05) is 70.4 Å². The molecule has 0 aliphatic heterocycles. The van der Waals surface area contributed by atoms with Crippen LogP contribution in [-0.2, 0) is 19.1 Å². The third-order valence-corrected chi connectivity index (χ3v) is 4.70. The summed E-state index contributed by atoms with van der Waals surface area (Å²) >= 11 is 0. The maximum Gasteiger partial charge on any atom is 0.355 e. The predicted molar refractivity (Wildman–Crippen MR) is 120 cm³/mol. The van der Waals surface area contributed by atoms with Gasteiger partial charge >= 0.3 is 11.9 Å². The number of carbonyl (C=O) groups is 3. The van der Waals surface area contributed by atoms with Gasteiger partial charge in [0.15, 0.2) is 0 Å². The van der Waals surface area contributed by atoms with Crippen LogP contribution in [0.2, 0.25) is 0 Å². The van der Waals surface area contributed by atoms with Crippen molar-refractivity contribution in [3.05, 3.63) is 23.9 Å². The highest BCUT2D eigenvalue weighted by Gasteiger charge is 2.15. The normalized spacial score (nSPS) is 11.6. The summed E-state index contributed by atoms with van der Waals surface area (Å²) in [7, 11) is 0. The zero-order chi connectivity index (χ0) is 22.5. The van der Waals surface area contributed by atoms with E-state index in [2.05, 4.69) is 24.4 Å². The van der Waals surface area contributed by atoms with Gasteiger partial charge < -0.3 is 15.2 Å². The lowest BCUT2D eigenvalue weighted by Crippen LogP contribution is -2.29. The molecule has 2 N–H and O–H groups in total. The van der Waals surface area contributed by atoms with Crippen molar-refractivity contribution in [2.45, 2.75) is 104 Å². The Morgan fingerprint density at radius 1 is 0.800 bits per heavy atom. The minimum absolute atomic E-state index is 0.111. The molecule has 0 atom stereocenters. The SMILES string of the molecule is CCCCCCCC/C=C\CCCCCCCC(=O)N/C(=C\C(=O)O)C(=O)OCC. The first-order valence-corrected chi connectivity index (χ1v) is 11.6. The van der Waals surface area contributed by atoms with Crippen LogP contribution in [0.3, 0.4) is 0 Å². The van der Waals surface area contributed by atoms with E-state index in [0.717, 1.165) is 32.1 Å². The number of ether oxygens (including phenoxy) is 1. The number of esters is 1. The average molecular weight is 424 g/mol. The minimum Gasteiger partial charge on any atom is -0.478 e. The summed E-state index contributed by atoms with van der Waals surface area (Å²) in [6.45, 7) is 3.97. The molecule has 0 aromatic rings. The number of hydrogen-bond acceptors (Lipinski definition) is 4. The molecule has 30 heavy (non-hydrogen) atoms. The van der Waals surface area contributed by atoms with E-state index in [1.165, 1.54) is 44.9 Å². The van der Waals surface area contributed by atoms with Gasteiger partial charge in [0, 0.05) is 6.42 Å². The molecule has 0 rings (SSSR count). The van der Waals surface area contributed by atoms with Crippen molar-refractivity contribution < 1.29 is 24.2 Å². The van der Waals surface area contributed by atoms with Crippen LogP contribution < -0.4 is 5.32 Å². The number of amides is 1. The summed E-state index contributed by atoms with van der Waals surface area (Å²) in [6.07, 6.45) is 20.8. The smallest absolute Gasteiger partial charge is 0.355 e. The average Bonchev–Trinajstić information content (AvgIpc) is 2.70. The van der Waals surface area contributed by atoms with Gasteiger partial charge in [-0.05, 0) is 39.0 Å². The standard InChI is InChI=1S/C24H41NO5/c1-3-5-6-7-8-9-10-11-12-13-14-15-16-17-18-19-22(26)25-21(20-23(27)28)24(29)30-4-2/h11-12,20H,3-10,13-19H2,1-2H3,(H,25,26)(H,27,28)/b12-11-,21-20-. The van der Waals surface area contributed by atoms with Crippen molar-refractivity contribution in [1.29, 1.82) is 0 Å². The molecule has 0 aromatic carbocycles. The Hall–Kier alpha value is -2.11. The molecule has 0 aliphatic carbocycles. The third kappa shape index (κ3) is 18.0. The Balaban J connectivity index is 3.71. The number of allylic oxidation sites excluding steroid dienone is 2. The second-order valence-electron chi connectivity index (χ2n) is 7.50. The Labute approximate surface area is 182 Å². The fraction of sp³-hybridized carbons (Fsp3) is 0.708. The number of carbonyl (C=O) groups excluding carboxylic acids is 2. The number of nitrogens with one attached hydrogen (secondary N) is 1. The van der Waals surface area contributed by atoms with Gasteiger partial charge in [0.2, 0.25) is 5.91 Å². The maximum absolute atomic E-state index is 11.9. The summed E-state index contributed by atoms with van der Waals surface area (Å²) in [5.41, 5.74) is -0.331. The second-order valence-corrected chi connectivity index (χ2v) is 7.50. The molecular weight excluding hydrogens is 382 g/mol. The number of hydrogen-bond donors (Lipinski definition) is 2. The highest BCUT2D eigenvalue weighted by Crippen LogP contribution is 2.10. The lowest BCUT2D eigenvalue weighted by molar-refractivity contribution is -0.141. The fourth-order valence-electron chi connectivity index (χ4n) is 3.05. The molecule has 0 unspecified atom stereocenters. The van der Waals surface area contributed by atoms with Gasteiger partial charge in [0.05, 0.1) is 12.7 Å². The predicted octanol–water partition coefficient (Wildman–Crippen LogP) is 5.67. The molecule has 172 valence electrons. The van der Waals surface area contributed by atoms with Crippen LogP contribution in [0.4, 0.5) is 0 Å². The van der Waals surface area contributed by atoms with Crippen molar-refractivity contribution >= 4 is 17.8 Å². The fourth-order valence-corrected chi connectivity index (χ4v) is 3.05. The molecule has 1 amide bonds. The van der Waals surface area contributed by atoms with Crippen molar-refractivity contribution in [1.82, 2.24) is 5.32 Å². The van der Waals surface area contributed by atoms with Crippen LogP contribution in [-0.4, -0.2) is 29.6 Å². The monoisotopic (exact) mass is 423 g/mol.